The van der Waals surface area contributed by atoms with Crippen LogP contribution in [0.15, 0.2) is 0 Å². The Morgan fingerprint density at radius 2 is 2.00 bits per heavy atom. The molecule has 1 aliphatic carbocycles. The second kappa shape index (κ2) is 3.33. The molecule has 2 rings (SSSR count). The van der Waals surface area contributed by atoms with Crippen LogP contribution in [-0.4, -0.2) is 18.7 Å². The van der Waals surface area contributed by atoms with Crippen LogP contribution in [0.5, 0.6) is 0 Å². The minimum absolute atomic E-state index is 0.209. The molecule has 3 heteroatoms. The molecule has 1 aliphatic heterocycles. The van der Waals surface area contributed by atoms with Crippen LogP contribution in [0.1, 0.15) is 32.1 Å². The second-order valence-corrected chi connectivity index (χ2v) is 3.70. The minimum atomic E-state index is -0.224. The van der Waals surface area contributed by atoms with Gasteiger partial charge in [0.15, 0.2) is 0 Å². The lowest BCUT2D eigenvalue weighted by Crippen LogP contribution is -2.40. The molecular formula is C9H15NO2. The molecule has 1 amide bonds. The van der Waals surface area contributed by atoms with Gasteiger partial charge in [0.05, 0.1) is 0 Å². The first-order chi connectivity index (χ1) is 5.86. The van der Waals surface area contributed by atoms with Gasteiger partial charge < -0.3 is 10.1 Å². The van der Waals surface area contributed by atoms with E-state index in [1.165, 1.54) is 25.7 Å². The molecule has 1 atom stereocenters. The van der Waals surface area contributed by atoms with Gasteiger partial charge in [0.25, 0.3) is 0 Å². The van der Waals surface area contributed by atoms with Crippen LogP contribution >= 0.6 is 0 Å². The Balaban J connectivity index is 1.89. The smallest absolute Gasteiger partial charge is 0.407 e. The number of ether oxygens (including phenoxy) is 1. The molecule has 0 aromatic carbocycles. The summed E-state index contributed by atoms with van der Waals surface area (Å²) in [6, 6.07) is 0. The molecule has 1 N–H and O–H groups in total. The largest absolute Gasteiger partial charge is 0.446 e. The van der Waals surface area contributed by atoms with Crippen LogP contribution in [0.3, 0.4) is 0 Å². The van der Waals surface area contributed by atoms with Gasteiger partial charge in [-0.2, -0.15) is 0 Å². The van der Waals surface area contributed by atoms with E-state index in [4.69, 9.17) is 4.74 Å². The maximum Gasteiger partial charge on any atom is 0.407 e. The fourth-order valence-corrected chi connectivity index (χ4v) is 2.22. The Hall–Kier alpha value is -0.730. The van der Waals surface area contributed by atoms with Gasteiger partial charge in [0, 0.05) is 13.0 Å². The highest BCUT2D eigenvalue weighted by atomic mass is 16.6. The van der Waals surface area contributed by atoms with Crippen LogP contribution in [0.25, 0.3) is 0 Å². The lowest BCUT2D eigenvalue weighted by Gasteiger charge is -2.27. The highest BCUT2D eigenvalue weighted by Gasteiger charge is 2.30. The summed E-state index contributed by atoms with van der Waals surface area (Å²) in [6.07, 6.45) is 6.10. The van der Waals surface area contributed by atoms with Crippen molar-refractivity contribution in [1.29, 1.82) is 0 Å². The van der Waals surface area contributed by atoms with Gasteiger partial charge in [-0.1, -0.05) is 12.8 Å². The first kappa shape index (κ1) is 7.90. The number of cyclic esters (lactones) is 1. The van der Waals surface area contributed by atoms with Gasteiger partial charge in [-0.25, -0.2) is 4.79 Å². The van der Waals surface area contributed by atoms with Crippen molar-refractivity contribution >= 4 is 6.09 Å². The SMILES string of the molecule is O=C1NCCC(C2CCCC2)O1. The van der Waals surface area contributed by atoms with Crippen molar-refractivity contribution < 1.29 is 9.53 Å². The molecule has 68 valence electrons. The van der Waals surface area contributed by atoms with E-state index in [1.54, 1.807) is 0 Å². The van der Waals surface area contributed by atoms with Gasteiger partial charge >= 0.3 is 6.09 Å². The van der Waals surface area contributed by atoms with E-state index in [2.05, 4.69) is 5.32 Å². The van der Waals surface area contributed by atoms with Crippen molar-refractivity contribution in [3.05, 3.63) is 0 Å². The summed E-state index contributed by atoms with van der Waals surface area (Å²) < 4.78 is 5.22. The number of rotatable bonds is 1. The normalized spacial score (nSPS) is 31.3. The molecule has 1 unspecified atom stereocenters. The summed E-state index contributed by atoms with van der Waals surface area (Å²) in [5.41, 5.74) is 0. The first-order valence-electron chi connectivity index (χ1n) is 4.81. The van der Waals surface area contributed by atoms with Gasteiger partial charge in [0.1, 0.15) is 6.10 Å². The average molecular weight is 169 g/mol. The Morgan fingerprint density at radius 1 is 1.25 bits per heavy atom. The zero-order valence-corrected chi connectivity index (χ0v) is 7.21. The maximum absolute atomic E-state index is 10.9. The third-order valence-electron chi connectivity index (χ3n) is 2.88. The van der Waals surface area contributed by atoms with Crippen LogP contribution in [0, 0.1) is 5.92 Å². The molecule has 3 nitrogen and oxygen atoms in total. The molecule has 12 heavy (non-hydrogen) atoms. The Bertz CT molecular complexity index is 175. The molecular weight excluding hydrogens is 154 g/mol. The number of carbonyl (C=O) groups excluding carboxylic acids is 1. The number of carbonyl (C=O) groups is 1. The molecule has 0 spiro atoms. The molecule has 1 saturated heterocycles. The highest BCUT2D eigenvalue weighted by Crippen LogP contribution is 2.31. The number of alkyl carbamates (subject to hydrolysis) is 1. The Kier molecular flexibility index (Phi) is 2.19. The lowest BCUT2D eigenvalue weighted by atomic mass is 9.97. The van der Waals surface area contributed by atoms with Gasteiger partial charge in [-0.05, 0) is 18.8 Å². The summed E-state index contributed by atoms with van der Waals surface area (Å²) in [5.74, 6) is 0.649. The van der Waals surface area contributed by atoms with Gasteiger partial charge in [-0.15, -0.1) is 0 Å². The fourth-order valence-electron chi connectivity index (χ4n) is 2.22. The quantitative estimate of drug-likeness (QED) is 0.648. The molecule has 2 fully saturated rings. The highest BCUT2D eigenvalue weighted by molar-refractivity contribution is 5.68. The van der Waals surface area contributed by atoms with E-state index in [9.17, 15) is 4.79 Å². The van der Waals surface area contributed by atoms with Crippen molar-refractivity contribution in [3.8, 4) is 0 Å². The first-order valence-corrected chi connectivity index (χ1v) is 4.81. The van der Waals surface area contributed by atoms with Gasteiger partial charge in [0.2, 0.25) is 0 Å². The zero-order chi connectivity index (χ0) is 8.39. The minimum Gasteiger partial charge on any atom is -0.446 e. The number of hydrogen-bond donors (Lipinski definition) is 1. The van der Waals surface area contributed by atoms with Crippen LogP contribution in [-0.2, 0) is 4.74 Å². The standard InChI is InChI=1S/C9H15NO2/c11-9-10-6-5-8(12-9)7-3-1-2-4-7/h7-8H,1-6H2,(H,10,11). The number of nitrogens with one attached hydrogen (secondary N) is 1. The van der Waals surface area contributed by atoms with E-state index in [1.807, 2.05) is 0 Å². The Labute approximate surface area is 72.5 Å². The summed E-state index contributed by atoms with van der Waals surface area (Å²) in [5, 5.41) is 2.67. The number of hydrogen-bond acceptors (Lipinski definition) is 2. The van der Waals surface area contributed by atoms with Crippen molar-refractivity contribution in [2.75, 3.05) is 6.54 Å². The lowest BCUT2D eigenvalue weighted by molar-refractivity contribution is 0.0403. The zero-order valence-electron chi connectivity index (χ0n) is 7.21. The predicted molar refractivity (Wildman–Crippen MR) is 44.8 cm³/mol. The van der Waals surface area contributed by atoms with E-state index < -0.39 is 0 Å². The van der Waals surface area contributed by atoms with E-state index >= 15 is 0 Å². The summed E-state index contributed by atoms with van der Waals surface area (Å²) >= 11 is 0. The Morgan fingerprint density at radius 3 is 2.67 bits per heavy atom. The monoisotopic (exact) mass is 169 g/mol. The predicted octanol–water partition coefficient (Wildman–Crippen LogP) is 1.68. The third kappa shape index (κ3) is 1.54. The average Bonchev–Trinajstić information content (AvgIpc) is 2.56. The molecule has 2 aliphatic rings. The summed E-state index contributed by atoms with van der Waals surface area (Å²) in [7, 11) is 0. The van der Waals surface area contributed by atoms with E-state index in [-0.39, 0.29) is 12.2 Å². The third-order valence-corrected chi connectivity index (χ3v) is 2.88. The van der Waals surface area contributed by atoms with Gasteiger partial charge in [-0.3, -0.25) is 0 Å². The topological polar surface area (TPSA) is 38.3 Å². The van der Waals surface area contributed by atoms with Crippen LogP contribution in [0.4, 0.5) is 4.79 Å². The molecule has 0 bridgehead atoms. The second-order valence-electron chi connectivity index (χ2n) is 3.70. The molecule has 0 aromatic rings. The molecule has 1 saturated carbocycles. The number of amides is 1. The molecule has 1 heterocycles. The fraction of sp³-hybridized carbons (Fsp3) is 0.889. The summed E-state index contributed by atoms with van der Waals surface area (Å²) in [4.78, 5) is 10.9. The molecule has 0 aromatic heterocycles. The van der Waals surface area contributed by atoms with Crippen LogP contribution < -0.4 is 5.32 Å². The van der Waals surface area contributed by atoms with Crippen molar-refractivity contribution in [3.63, 3.8) is 0 Å². The van der Waals surface area contributed by atoms with Crippen LogP contribution in [0.2, 0.25) is 0 Å². The maximum atomic E-state index is 10.9. The molecule has 0 radical (unpaired) electrons. The van der Waals surface area contributed by atoms with Crippen molar-refractivity contribution in [2.45, 2.75) is 38.2 Å². The van der Waals surface area contributed by atoms with E-state index in [0.29, 0.717) is 5.92 Å². The van der Waals surface area contributed by atoms with Crippen molar-refractivity contribution in [2.24, 2.45) is 5.92 Å². The van der Waals surface area contributed by atoms with Crippen molar-refractivity contribution in [1.82, 2.24) is 5.32 Å². The van der Waals surface area contributed by atoms with E-state index in [0.717, 1.165) is 13.0 Å². The summed E-state index contributed by atoms with van der Waals surface area (Å²) in [6.45, 7) is 0.792.